The summed E-state index contributed by atoms with van der Waals surface area (Å²) < 4.78 is 0. The molecule has 0 atom stereocenters. The minimum absolute atomic E-state index is 0.334. The summed E-state index contributed by atoms with van der Waals surface area (Å²) in [7, 11) is 0. The lowest BCUT2D eigenvalue weighted by molar-refractivity contribution is 0.723. The zero-order valence-electron chi connectivity index (χ0n) is 11.7. The molecule has 0 amide bonds. The average Bonchev–Trinajstić information content (AvgIpc) is 2.37. The van der Waals surface area contributed by atoms with E-state index in [2.05, 4.69) is 41.0 Å². The number of anilines is 3. The van der Waals surface area contributed by atoms with Gasteiger partial charge in [0.1, 0.15) is 11.6 Å². The first-order valence-electron chi connectivity index (χ1n) is 6.84. The van der Waals surface area contributed by atoms with Crippen LogP contribution in [0.4, 0.5) is 17.6 Å². The van der Waals surface area contributed by atoms with Crippen LogP contribution in [0, 0.1) is 0 Å². The Morgan fingerprint density at radius 1 is 1.22 bits per heavy atom. The van der Waals surface area contributed by atoms with Crippen molar-refractivity contribution in [1.82, 2.24) is 9.97 Å². The van der Waals surface area contributed by atoms with Gasteiger partial charge in [-0.05, 0) is 19.8 Å². The van der Waals surface area contributed by atoms with Crippen molar-refractivity contribution in [2.24, 2.45) is 0 Å². The molecule has 0 aliphatic rings. The van der Waals surface area contributed by atoms with E-state index in [1.165, 1.54) is 6.42 Å². The molecule has 18 heavy (non-hydrogen) atoms. The average molecular weight is 251 g/mol. The fraction of sp³-hybridized carbons (Fsp3) is 0.692. The maximum atomic E-state index is 5.76. The maximum Gasteiger partial charge on any atom is 0.223 e. The van der Waals surface area contributed by atoms with Gasteiger partial charge in [0.2, 0.25) is 5.95 Å². The summed E-state index contributed by atoms with van der Waals surface area (Å²) in [6.45, 7) is 9.29. The molecular formula is C13H25N5. The predicted octanol–water partition coefficient (Wildman–Crippen LogP) is 2.51. The molecule has 0 fully saturated rings. The molecule has 0 aliphatic heterocycles. The van der Waals surface area contributed by atoms with Crippen LogP contribution < -0.4 is 16.0 Å². The predicted molar refractivity (Wildman–Crippen MR) is 78.0 cm³/mol. The van der Waals surface area contributed by atoms with E-state index in [1.54, 1.807) is 0 Å². The quantitative estimate of drug-likeness (QED) is 0.743. The second-order valence-corrected chi connectivity index (χ2v) is 4.33. The second-order valence-electron chi connectivity index (χ2n) is 4.33. The fourth-order valence-electron chi connectivity index (χ4n) is 1.74. The molecule has 0 spiro atoms. The minimum atomic E-state index is 0.334. The van der Waals surface area contributed by atoms with E-state index in [-0.39, 0.29) is 0 Å². The molecule has 0 aliphatic carbocycles. The van der Waals surface area contributed by atoms with Crippen LogP contribution in [0.5, 0.6) is 0 Å². The number of nitrogens with one attached hydrogen (secondary N) is 1. The number of nitrogen functional groups attached to an aromatic ring is 1. The zero-order chi connectivity index (χ0) is 13.4. The lowest BCUT2D eigenvalue weighted by atomic mass is 10.3. The summed E-state index contributed by atoms with van der Waals surface area (Å²) in [5, 5.41) is 3.25. The Morgan fingerprint density at radius 3 is 2.61 bits per heavy atom. The van der Waals surface area contributed by atoms with Gasteiger partial charge in [-0.3, -0.25) is 0 Å². The Morgan fingerprint density at radius 2 is 2.00 bits per heavy atom. The number of hydrogen-bond acceptors (Lipinski definition) is 5. The van der Waals surface area contributed by atoms with Crippen molar-refractivity contribution in [1.29, 1.82) is 0 Å². The Balaban J connectivity index is 2.81. The molecule has 102 valence electrons. The summed E-state index contributed by atoms with van der Waals surface area (Å²) in [5.41, 5.74) is 5.76. The summed E-state index contributed by atoms with van der Waals surface area (Å²) in [5.74, 6) is 2.06. The Bertz CT molecular complexity index is 353. The molecule has 1 heterocycles. The summed E-state index contributed by atoms with van der Waals surface area (Å²) in [6, 6.07) is 1.98. The number of aromatic nitrogens is 2. The molecule has 0 radical (unpaired) electrons. The molecule has 0 bridgehead atoms. The molecule has 3 N–H and O–H groups in total. The molecule has 0 saturated carbocycles. The first-order valence-corrected chi connectivity index (χ1v) is 6.84. The van der Waals surface area contributed by atoms with Gasteiger partial charge in [-0.25, -0.2) is 0 Å². The van der Waals surface area contributed by atoms with Crippen LogP contribution in [0.15, 0.2) is 6.07 Å². The molecule has 5 nitrogen and oxygen atoms in total. The van der Waals surface area contributed by atoms with Crippen molar-refractivity contribution in [2.45, 2.75) is 40.0 Å². The molecule has 1 aromatic heterocycles. The third kappa shape index (κ3) is 4.39. The van der Waals surface area contributed by atoms with Crippen molar-refractivity contribution >= 4 is 17.6 Å². The molecule has 0 saturated heterocycles. The van der Waals surface area contributed by atoms with Crippen LogP contribution >= 0.6 is 0 Å². The molecule has 5 heteroatoms. The number of nitrogens with two attached hydrogens (primary N) is 1. The van der Waals surface area contributed by atoms with Gasteiger partial charge in [-0.15, -0.1) is 0 Å². The van der Waals surface area contributed by atoms with Crippen molar-refractivity contribution < 1.29 is 0 Å². The topological polar surface area (TPSA) is 67.1 Å². The van der Waals surface area contributed by atoms with Gasteiger partial charge in [0.25, 0.3) is 0 Å². The van der Waals surface area contributed by atoms with Gasteiger partial charge in [-0.1, -0.05) is 20.3 Å². The van der Waals surface area contributed by atoms with E-state index in [4.69, 9.17) is 5.73 Å². The van der Waals surface area contributed by atoms with E-state index in [9.17, 15) is 0 Å². The van der Waals surface area contributed by atoms with Crippen LogP contribution in [0.3, 0.4) is 0 Å². The molecule has 0 unspecified atom stereocenters. The van der Waals surface area contributed by atoms with Gasteiger partial charge in [0.05, 0.1) is 0 Å². The van der Waals surface area contributed by atoms with Crippen molar-refractivity contribution in [2.75, 3.05) is 35.6 Å². The SMILES string of the molecule is CCCCN(CC)c1cc(NCCC)nc(N)n1. The summed E-state index contributed by atoms with van der Waals surface area (Å²) >= 11 is 0. The molecular weight excluding hydrogens is 226 g/mol. The monoisotopic (exact) mass is 251 g/mol. The van der Waals surface area contributed by atoms with Gasteiger partial charge >= 0.3 is 0 Å². The Labute approximate surface area is 110 Å². The first kappa shape index (κ1) is 14.5. The lowest BCUT2D eigenvalue weighted by Gasteiger charge is -2.22. The highest BCUT2D eigenvalue weighted by atomic mass is 15.2. The van der Waals surface area contributed by atoms with Gasteiger partial charge in [0, 0.05) is 25.7 Å². The maximum absolute atomic E-state index is 5.76. The van der Waals surface area contributed by atoms with Gasteiger partial charge in [0.15, 0.2) is 0 Å². The van der Waals surface area contributed by atoms with E-state index in [1.807, 2.05) is 6.07 Å². The summed E-state index contributed by atoms with van der Waals surface area (Å²) in [6.07, 6.45) is 3.40. The normalized spacial score (nSPS) is 10.4. The number of rotatable bonds is 8. The molecule has 0 aromatic carbocycles. The number of hydrogen-bond donors (Lipinski definition) is 2. The van der Waals surface area contributed by atoms with Crippen LogP contribution in [-0.4, -0.2) is 29.6 Å². The van der Waals surface area contributed by atoms with Crippen molar-refractivity contribution in [3.8, 4) is 0 Å². The highest BCUT2D eigenvalue weighted by Gasteiger charge is 2.08. The van der Waals surface area contributed by atoms with Crippen LogP contribution in [0.25, 0.3) is 0 Å². The summed E-state index contributed by atoms with van der Waals surface area (Å²) in [4.78, 5) is 10.8. The third-order valence-electron chi connectivity index (χ3n) is 2.77. The zero-order valence-corrected chi connectivity index (χ0v) is 11.7. The molecule has 1 aromatic rings. The van der Waals surface area contributed by atoms with Crippen LogP contribution in [0.2, 0.25) is 0 Å². The van der Waals surface area contributed by atoms with Crippen molar-refractivity contribution in [3.05, 3.63) is 6.07 Å². The Hall–Kier alpha value is -1.52. The number of nitrogens with zero attached hydrogens (tertiary/aromatic N) is 3. The number of unbranched alkanes of at least 4 members (excludes halogenated alkanes) is 1. The van der Waals surface area contributed by atoms with E-state index >= 15 is 0 Å². The largest absolute Gasteiger partial charge is 0.370 e. The van der Waals surface area contributed by atoms with E-state index < -0.39 is 0 Å². The van der Waals surface area contributed by atoms with E-state index in [0.29, 0.717) is 5.95 Å². The standard InChI is InChI=1S/C13H25N5/c1-4-7-9-18(6-3)12-10-11(15-8-5-2)16-13(14)17-12/h10H,4-9H2,1-3H3,(H3,14,15,16,17). The molecule has 1 rings (SSSR count). The highest BCUT2D eigenvalue weighted by molar-refractivity contribution is 5.52. The van der Waals surface area contributed by atoms with Crippen LogP contribution in [-0.2, 0) is 0 Å². The van der Waals surface area contributed by atoms with Gasteiger partial charge < -0.3 is 16.0 Å². The first-order chi connectivity index (χ1) is 8.71. The third-order valence-corrected chi connectivity index (χ3v) is 2.77. The second kappa shape index (κ2) is 7.74. The fourth-order valence-corrected chi connectivity index (χ4v) is 1.74. The smallest absolute Gasteiger partial charge is 0.223 e. The van der Waals surface area contributed by atoms with Gasteiger partial charge in [-0.2, -0.15) is 9.97 Å². The van der Waals surface area contributed by atoms with E-state index in [0.717, 1.165) is 44.1 Å². The highest BCUT2D eigenvalue weighted by Crippen LogP contribution is 2.17. The van der Waals surface area contributed by atoms with Crippen molar-refractivity contribution in [3.63, 3.8) is 0 Å². The Kier molecular flexibility index (Phi) is 6.25. The lowest BCUT2D eigenvalue weighted by Crippen LogP contribution is -2.25. The van der Waals surface area contributed by atoms with Crippen LogP contribution in [0.1, 0.15) is 40.0 Å². The minimum Gasteiger partial charge on any atom is -0.370 e.